The summed E-state index contributed by atoms with van der Waals surface area (Å²) in [5.41, 5.74) is 5.76. The average Bonchev–Trinajstić information content (AvgIpc) is 3.18. The number of carbonyl (C=O) groups is 3. The normalized spacial score (nSPS) is 22.0. The number of aliphatic imine (C=N–C) groups is 1. The molecule has 2 unspecified atom stereocenters. The van der Waals surface area contributed by atoms with Crippen LogP contribution < -0.4 is 11.1 Å². The summed E-state index contributed by atoms with van der Waals surface area (Å²) in [5.74, 6) is -1.07. The number of hydrogen-bond donors (Lipinski definition) is 2. The predicted molar refractivity (Wildman–Crippen MR) is 172 cm³/mol. The minimum Gasteiger partial charge on any atom is -0.460 e. The number of benzene rings is 2. The molecule has 2 amide bonds. The monoisotopic (exact) mass is 644 g/mol. The number of nitrogens with two attached hydrogens (primary N) is 1. The Kier molecular flexibility index (Phi) is 9.58. The highest BCUT2D eigenvalue weighted by Gasteiger charge is 2.57. The minimum atomic E-state index is -1.31. The molecule has 0 bridgehead atoms. The van der Waals surface area contributed by atoms with E-state index in [1.54, 1.807) is 75.1 Å². The molecule has 2 aromatic rings. The lowest BCUT2D eigenvalue weighted by Gasteiger charge is -2.50. The first-order valence-electron chi connectivity index (χ1n) is 14.7. The lowest BCUT2D eigenvalue weighted by atomic mass is 9.79. The molecule has 1 saturated heterocycles. The van der Waals surface area contributed by atoms with Crippen LogP contribution in [0.1, 0.15) is 89.2 Å². The fraction of sp³-hybridized carbons (Fsp3) is 0.515. The zero-order valence-electron chi connectivity index (χ0n) is 26.4. The van der Waals surface area contributed by atoms with E-state index in [1.807, 2.05) is 0 Å². The van der Waals surface area contributed by atoms with Crippen LogP contribution in [0.25, 0.3) is 0 Å². The number of esters is 1. The van der Waals surface area contributed by atoms with Crippen LogP contribution in [0, 0.1) is 5.41 Å². The highest BCUT2D eigenvalue weighted by Crippen LogP contribution is 2.46. The van der Waals surface area contributed by atoms with Crippen LogP contribution in [0.4, 0.5) is 0 Å². The van der Waals surface area contributed by atoms with E-state index in [0.717, 1.165) is 0 Å². The largest absolute Gasteiger partial charge is 0.460 e. The fourth-order valence-electron chi connectivity index (χ4n) is 5.67. The van der Waals surface area contributed by atoms with Crippen molar-refractivity contribution in [1.82, 2.24) is 10.2 Å². The summed E-state index contributed by atoms with van der Waals surface area (Å²) >= 11 is 12.6. The van der Waals surface area contributed by atoms with E-state index in [2.05, 4.69) is 26.1 Å². The Morgan fingerprint density at radius 3 is 2.25 bits per heavy atom. The molecule has 11 heteroatoms. The van der Waals surface area contributed by atoms with Crippen LogP contribution in [0.2, 0.25) is 10.0 Å². The second-order valence-corrected chi connectivity index (χ2v) is 14.6. The van der Waals surface area contributed by atoms with E-state index >= 15 is 0 Å². The van der Waals surface area contributed by atoms with Gasteiger partial charge in [0.25, 0.3) is 11.8 Å². The Hall–Kier alpha value is -2.98. The number of amides is 2. The topological polar surface area (TPSA) is 123 Å². The number of rotatable bonds is 7. The summed E-state index contributed by atoms with van der Waals surface area (Å²) in [4.78, 5) is 45.8. The highest BCUT2D eigenvalue weighted by atomic mass is 35.5. The van der Waals surface area contributed by atoms with Gasteiger partial charge in [-0.05, 0) is 69.0 Å². The summed E-state index contributed by atoms with van der Waals surface area (Å²) < 4.78 is 11.4. The van der Waals surface area contributed by atoms with Gasteiger partial charge < -0.3 is 20.5 Å². The standard InChI is InChI=1S/C33H42Cl2N4O5/c1-30(2,3)25-19-33(13-15-43-25)38-27(21-16-23(34)18-24(35)17-21)29(42)39(33)32(7,36)22-10-8-20(9-11-22)28(41)37-14-12-26(40)44-31(4,5)6/h8-11,16-18,25H,12-15,19,36H2,1-7H3,(H,37,41)/t25?,32-,33?/m1/s1. The molecule has 1 spiro atoms. The van der Waals surface area contributed by atoms with Crippen molar-refractivity contribution in [2.45, 2.75) is 90.8 Å². The predicted octanol–water partition coefficient (Wildman–Crippen LogP) is 5.84. The lowest BCUT2D eigenvalue weighted by Crippen LogP contribution is -2.64. The summed E-state index contributed by atoms with van der Waals surface area (Å²) in [6, 6.07) is 11.7. The van der Waals surface area contributed by atoms with Crippen molar-refractivity contribution in [2.24, 2.45) is 16.1 Å². The van der Waals surface area contributed by atoms with Gasteiger partial charge >= 0.3 is 5.97 Å². The summed E-state index contributed by atoms with van der Waals surface area (Å²) in [5, 5.41) is 3.53. The van der Waals surface area contributed by atoms with Crippen molar-refractivity contribution in [3.05, 3.63) is 69.2 Å². The third-order valence-electron chi connectivity index (χ3n) is 7.81. The van der Waals surface area contributed by atoms with Crippen molar-refractivity contribution < 1.29 is 23.9 Å². The van der Waals surface area contributed by atoms with Gasteiger partial charge in [-0.2, -0.15) is 0 Å². The number of ether oxygens (including phenoxy) is 2. The molecule has 0 aliphatic carbocycles. The van der Waals surface area contributed by atoms with Crippen LogP contribution in [0.15, 0.2) is 47.5 Å². The molecular formula is C33H42Cl2N4O5. The van der Waals surface area contributed by atoms with Crippen molar-refractivity contribution >= 4 is 46.7 Å². The van der Waals surface area contributed by atoms with Gasteiger partial charge in [0, 0.05) is 40.6 Å². The van der Waals surface area contributed by atoms with Crippen molar-refractivity contribution in [2.75, 3.05) is 13.2 Å². The summed E-state index contributed by atoms with van der Waals surface area (Å²) in [6.07, 6.45) is 0.777. The molecule has 9 nitrogen and oxygen atoms in total. The first-order chi connectivity index (χ1) is 20.3. The Morgan fingerprint density at radius 1 is 1.07 bits per heavy atom. The molecule has 2 aliphatic rings. The molecule has 1 fully saturated rings. The van der Waals surface area contributed by atoms with Crippen molar-refractivity contribution in [3.8, 4) is 0 Å². The van der Waals surface area contributed by atoms with Crippen LogP contribution in [-0.2, 0) is 24.7 Å². The molecular weight excluding hydrogens is 603 g/mol. The van der Waals surface area contributed by atoms with Gasteiger partial charge in [0.05, 0.1) is 19.1 Å². The molecule has 4 rings (SSSR count). The van der Waals surface area contributed by atoms with Gasteiger partial charge in [-0.25, -0.2) is 0 Å². The van der Waals surface area contributed by atoms with Crippen molar-refractivity contribution in [3.63, 3.8) is 0 Å². The van der Waals surface area contributed by atoms with Crippen LogP contribution in [0.3, 0.4) is 0 Å². The molecule has 2 heterocycles. The summed E-state index contributed by atoms with van der Waals surface area (Å²) in [7, 11) is 0. The Balaban J connectivity index is 1.62. The molecule has 0 saturated carbocycles. The maximum absolute atomic E-state index is 14.3. The van der Waals surface area contributed by atoms with E-state index in [-0.39, 0.29) is 48.0 Å². The number of hydrogen-bond acceptors (Lipinski definition) is 7. The number of carbonyl (C=O) groups excluding carboxylic acids is 3. The van der Waals surface area contributed by atoms with E-state index in [4.69, 9.17) is 43.4 Å². The molecule has 238 valence electrons. The second-order valence-electron chi connectivity index (χ2n) is 13.7. The van der Waals surface area contributed by atoms with E-state index in [9.17, 15) is 14.4 Å². The molecule has 44 heavy (non-hydrogen) atoms. The number of nitrogens with one attached hydrogen (secondary N) is 1. The Morgan fingerprint density at radius 2 is 1.68 bits per heavy atom. The fourth-order valence-corrected chi connectivity index (χ4v) is 6.19. The maximum Gasteiger partial charge on any atom is 0.308 e. The maximum atomic E-state index is 14.3. The number of halogens is 2. The molecule has 0 radical (unpaired) electrons. The van der Waals surface area contributed by atoms with E-state index < -0.39 is 16.9 Å². The second kappa shape index (κ2) is 12.4. The smallest absolute Gasteiger partial charge is 0.308 e. The SMILES string of the molecule is CC(C)(C)OC(=O)CCNC(=O)c1ccc([C@](C)(N)N2C(=O)C(c3cc(Cl)cc(Cl)c3)=NC23CCOC(C(C)(C)C)C3)cc1. The van der Waals surface area contributed by atoms with Gasteiger partial charge in [-0.15, -0.1) is 0 Å². The van der Waals surface area contributed by atoms with Crippen LogP contribution in [-0.4, -0.2) is 58.9 Å². The number of nitrogens with zero attached hydrogens (tertiary/aromatic N) is 2. The van der Waals surface area contributed by atoms with Gasteiger partial charge in [-0.1, -0.05) is 56.1 Å². The minimum absolute atomic E-state index is 0.0561. The zero-order chi connectivity index (χ0) is 32.7. The third kappa shape index (κ3) is 7.45. The zero-order valence-corrected chi connectivity index (χ0v) is 27.9. The molecule has 2 aromatic carbocycles. The van der Waals surface area contributed by atoms with Crippen molar-refractivity contribution in [1.29, 1.82) is 0 Å². The Bertz CT molecular complexity index is 1440. The van der Waals surface area contributed by atoms with Gasteiger partial charge in [-0.3, -0.25) is 24.3 Å². The average molecular weight is 646 g/mol. The highest BCUT2D eigenvalue weighted by molar-refractivity contribution is 6.48. The summed E-state index contributed by atoms with van der Waals surface area (Å²) in [6.45, 7) is 14.0. The van der Waals surface area contributed by atoms with Gasteiger partial charge in [0.15, 0.2) is 0 Å². The quantitative estimate of drug-likeness (QED) is 0.365. The van der Waals surface area contributed by atoms with E-state index in [1.165, 1.54) is 0 Å². The van der Waals surface area contributed by atoms with Crippen LogP contribution in [0.5, 0.6) is 0 Å². The molecule has 3 atom stereocenters. The molecule has 0 aromatic heterocycles. The first kappa shape index (κ1) is 33.9. The first-order valence-corrected chi connectivity index (χ1v) is 15.5. The molecule has 2 aliphatic heterocycles. The van der Waals surface area contributed by atoms with Gasteiger partial charge in [0.1, 0.15) is 22.6 Å². The van der Waals surface area contributed by atoms with Gasteiger partial charge in [0.2, 0.25) is 0 Å². The van der Waals surface area contributed by atoms with E-state index in [0.29, 0.717) is 46.2 Å². The third-order valence-corrected chi connectivity index (χ3v) is 8.24. The lowest BCUT2D eigenvalue weighted by molar-refractivity contribution is -0.155. The van der Waals surface area contributed by atoms with Crippen LogP contribution >= 0.6 is 23.2 Å². The molecule has 3 N–H and O–H groups in total. The Labute approximate surface area is 269 Å².